The van der Waals surface area contributed by atoms with Crippen molar-refractivity contribution in [2.24, 2.45) is 0 Å². The molecule has 0 saturated carbocycles. The fourth-order valence-electron chi connectivity index (χ4n) is 1.57. The SMILES string of the molecule is O=C(COc1cccnc1C(=O)O)Nc1cccc(Br)c1. The molecule has 2 rings (SSSR count). The third kappa shape index (κ3) is 4.28. The van der Waals surface area contributed by atoms with Crippen LogP contribution in [0.1, 0.15) is 10.5 Å². The van der Waals surface area contributed by atoms with Crippen molar-refractivity contribution < 1.29 is 19.4 Å². The van der Waals surface area contributed by atoms with E-state index in [1.54, 1.807) is 18.2 Å². The van der Waals surface area contributed by atoms with Crippen LogP contribution >= 0.6 is 15.9 Å². The van der Waals surface area contributed by atoms with Gasteiger partial charge >= 0.3 is 5.97 Å². The average molecular weight is 351 g/mol. The fraction of sp³-hybridized carbons (Fsp3) is 0.0714. The first-order chi connectivity index (χ1) is 10.1. The van der Waals surface area contributed by atoms with Crippen LogP contribution in [-0.2, 0) is 4.79 Å². The average Bonchev–Trinajstić information content (AvgIpc) is 2.45. The minimum Gasteiger partial charge on any atom is -0.481 e. The number of aromatic nitrogens is 1. The summed E-state index contributed by atoms with van der Waals surface area (Å²) in [4.78, 5) is 26.4. The lowest BCUT2D eigenvalue weighted by molar-refractivity contribution is -0.118. The van der Waals surface area contributed by atoms with E-state index in [2.05, 4.69) is 26.2 Å². The van der Waals surface area contributed by atoms with Crippen LogP contribution in [-0.4, -0.2) is 28.6 Å². The second-order valence-corrected chi connectivity index (χ2v) is 4.92. The Morgan fingerprint density at radius 2 is 2.10 bits per heavy atom. The van der Waals surface area contributed by atoms with E-state index in [1.807, 2.05) is 6.07 Å². The molecule has 2 aromatic rings. The van der Waals surface area contributed by atoms with Gasteiger partial charge in [-0.25, -0.2) is 9.78 Å². The van der Waals surface area contributed by atoms with E-state index in [9.17, 15) is 9.59 Å². The van der Waals surface area contributed by atoms with Gasteiger partial charge < -0.3 is 15.2 Å². The van der Waals surface area contributed by atoms with Gasteiger partial charge in [-0.15, -0.1) is 0 Å². The summed E-state index contributed by atoms with van der Waals surface area (Å²) in [6.07, 6.45) is 1.35. The van der Waals surface area contributed by atoms with Crippen LogP contribution in [0.5, 0.6) is 5.75 Å². The molecule has 0 unspecified atom stereocenters. The van der Waals surface area contributed by atoms with Gasteiger partial charge in [-0.1, -0.05) is 22.0 Å². The molecule has 2 N–H and O–H groups in total. The summed E-state index contributed by atoms with van der Waals surface area (Å²) in [5, 5.41) is 11.6. The minimum atomic E-state index is -1.21. The Bertz CT molecular complexity index is 676. The molecule has 1 heterocycles. The Kier molecular flexibility index (Phi) is 4.89. The Labute approximate surface area is 128 Å². The van der Waals surface area contributed by atoms with E-state index < -0.39 is 11.9 Å². The highest BCUT2D eigenvalue weighted by atomic mass is 79.9. The number of pyridine rings is 1. The number of benzene rings is 1. The van der Waals surface area contributed by atoms with Crippen molar-refractivity contribution in [2.45, 2.75) is 0 Å². The molecule has 6 nitrogen and oxygen atoms in total. The number of anilines is 1. The van der Waals surface area contributed by atoms with E-state index in [0.29, 0.717) is 5.69 Å². The summed E-state index contributed by atoms with van der Waals surface area (Å²) >= 11 is 3.30. The van der Waals surface area contributed by atoms with Crippen LogP contribution in [0.2, 0.25) is 0 Å². The van der Waals surface area contributed by atoms with Crippen LogP contribution in [0.25, 0.3) is 0 Å². The Morgan fingerprint density at radius 3 is 2.81 bits per heavy atom. The highest BCUT2D eigenvalue weighted by molar-refractivity contribution is 9.10. The lowest BCUT2D eigenvalue weighted by Gasteiger charge is -2.09. The van der Waals surface area contributed by atoms with Crippen LogP contribution < -0.4 is 10.1 Å². The number of carbonyl (C=O) groups is 2. The van der Waals surface area contributed by atoms with Gasteiger partial charge in [0.25, 0.3) is 5.91 Å². The first-order valence-electron chi connectivity index (χ1n) is 5.93. The number of hydrogen-bond acceptors (Lipinski definition) is 4. The summed E-state index contributed by atoms with van der Waals surface area (Å²) in [5.41, 5.74) is 0.385. The maximum absolute atomic E-state index is 11.8. The van der Waals surface area contributed by atoms with Crippen molar-refractivity contribution >= 4 is 33.5 Å². The lowest BCUT2D eigenvalue weighted by Crippen LogP contribution is -2.21. The monoisotopic (exact) mass is 350 g/mol. The second-order valence-electron chi connectivity index (χ2n) is 4.00. The Balaban J connectivity index is 1.97. The Morgan fingerprint density at radius 1 is 1.29 bits per heavy atom. The minimum absolute atomic E-state index is 0.0504. The number of carboxylic acids is 1. The molecule has 0 radical (unpaired) electrons. The summed E-state index contributed by atoms with van der Waals surface area (Å²) < 4.78 is 6.03. The first kappa shape index (κ1) is 15.0. The zero-order valence-corrected chi connectivity index (χ0v) is 12.3. The standard InChI is InChI=1S/C14H11BrN2O4/c15-9-3-1-4-10(7-9)17-12(18)8-21-11-5-2-6-16-13(11)14(19)20/h1-7H,8H2,(H,17,18)(H,19,20). The summed E-state index contributed by atoms with van der Waals surface area (Å²) in [7, 11) is 0. The highest BCUT2D eigenvalue weighted by Crippen LogP contribution is 2.17. The molecule has 1 amide bonds. The van der Waals surface area contributed by atoms with Gasteiger partial charge in [-0.2, -0.15) is 0 Å². The highest BCUT2D eigenvalue weighted by Gasteiger charge is 2.13. The molecule has 0 aliphatic heterocycles. The molecule has 7 heteroatoms. The number of carboxylic acid groups (broad SMARTS) is 1. The van der Waals surface area contributed by atoms with E-state index in [0.717, 1.165) is 4.47 Å². The van der Waals surface area contributed by atoms with Crippen LogP contribution in [0.4, 0.5) is 5.69 Å². The number of halogens is 1. The molecular weight excluding hydrogens is 340 g/mol. The zero-order valence-electron chi connectivity index (χ0n) is 10.7. The normalized spacial score (nSPS) is 9.95. The van der Waals surface area contributed by atoms with Gasteiger partial charge in [0.15, 0.2) is 18.1 Å². The van der Waals surface area contributed by atoms with Crippen LogP contribution in [0.15, 0.2) is 47.1 Å². The molecule has 0 saturated heterocycles. The van der Waals surface area contributed by atoms with E-state index in [4.69, 9.17) is 9.84 Å². The number of ether oxygens (including phenoxy) is 1. The van der Waals surface area contributed by atoms with Crippen molar-refractivity contribution in [1.29, 1.82) is 0 Å². The molecule has 1 aromatic heterocycles. The van der Waals surface area contributed by atoms with E-state index >= 15 is 0 Å². The van der Waals surface area contributed by atoms with Crippen molar-refractivity contribution in [3.63, 3.8) is 0 Å². The first-order valence-corrected chi connectivity index (χ1v) is 6.72. The smallest absolute Gasteiger partial charge is 0.358 e. The molecule has 108 valence electrons. The van der Waals surface area contributed by atoms with Gasteiger partial charge in [0.05, 0.1) is 0 Å². The molecule has 0 aliphatic rings. The van der Waals surface area contributed by atoms with Gasteiger partial charge in [0, 0.05) is 16.4 Å². The molecule has 0 atom stereocenters. The molecule has 21 heavy (non-hydrogen) atoms. The third-order valence-corrected chi connectivity index (χ3v) is 2.93. The molecule has 1 aromatic carbocycles. The summed E-state index contributed by atoms with van der Waals surface area (Å²) in [5.74, 6) is -1.55. The van der Waals surface area contributed by atoms with Crippen molar-refractivity contribution in [3.05, 3.63) is 52.8 Å². The molecule has 0 aliphatic carbocycles. The van der Waals surface area contributed by atoms with Gasteiger partial charge in [-0.3, -0.25) is 4.79 Å². The number of nitrogens with zero attached hydrogens (tertiary/aromatic N) is 1. The number of nitrogens with one attached hydrogen (secondary N) is 1. The van der Waals surface area contributed by atoms with Crippen molar-refractivity contribution in [3.8, 4) is 5.75 Å². The number of rotatable bonds is 5. The summed E-state index contributed by atoms with van der Waals surface area (Å²) in [6, 6.07) is 10.1. The second kappa shape index (κ2) is 6.85. The van der Waals surface area contributed by atoms with Crippen LogP contribution in [0, 0.1) is 0 Å². The predicted molar refractivity (Wildman–Crippen MR) is 79.5 cm³/mol. The van der Waals surface area contributed by atoms with Gasteiger partial charge in [0.1, 0.15) is 0 Å². The topological polar surface area (TPSA) is 88.5 Å². The number of aromatic carboxylic acids is 1. The molecule has 0 bridgehead atoms. The van der Waals surface area contributed by atoms with E-state index in [1.165, 1.54) is 18.3 Å². The molecule has 0 spiro atoms. The number of carbonyl (C=O) groups excluding carboxylic acids is 1. The van der Waals surface area contributed by atoms with E-state index in [-0.39, 0.29) is 18.1 Å². The maximum Gasteiger partial charge on any atom is 0.358 e. The zero-order chi connectivity index (χ0) is 15.2. The molecule has 0 fully saturated rings. The predicted octanol–water partition coefficient (Wildman–Crippen LogP) is 2.56. The lowest BCUT2D eigenvalue weighted by atomic mass is 10.3. The maximum atomic E-state index is 11.8. The van der Waals surface area contributed by atoms with Crippen molar-refractivity contribution in [1.82, 2.24) is 4.98 Å². The van der Waals surface area contributed by atoms with Gasteiger partial charge in [-0.05, 0) is 30.3 Å². The number of amides is 1. The Hall–Kier alpha value is -2.41. The van der Waals surface area contributed by atoms with Crippen molar-refractivity contribution in [2.75, 3.05) is 11.9 Å². The summed E-state index contributed by atoms with van der Waals surface area (Å²) in [6.45, 7) is -0.307. The third-order valence-electron chi connectivity index (χ3n) is 2.44. The van der Waals surface area contributed by atoms with Gasteiger partial charge in [0.2, 0.25) is 0 Å². The largest absolute Gasteiger partial charge is 0.481 e. The fourth-order valence-corrected chi connectivity index (χ4v) is 1.97. The number of hydrogen-bond donors (Lipinski definition) is 2. The van der Waals surface area contributed by atoms with Crippen LogP contribution in [0.3, 0.4) is 0 Å². The quantitative estimate of drug-likeness (QED) is 0.864. The molecular formula is C14H11BrN2O4.